The molecule has 1 amide bonds. The standard InChI is InChI=1S/C22H19ClFN3O3/c23-16-7-4-8-17(24)20(16)27-18-10-9-13(12-25)11-15(18)19(21(28)30-22(26)29)14-5-2-1-3-6-14/h1-11,19,27H,12,25H2,(H2,26,29). The summed E-state index contributed by atoms with van der Waals surface area (Å²) < 4.78 is 19.0. The monoisotopic (exact) mass is 427 g/mol. The van der Waals surface area contributed by atoms with Gasteiger partial charge in [0, 0.05) is 12.2 Å². The molecule has 0 saturated carbocycles. The van der Waals surface area contributed by atoms with Gasteiger partial charge < -0.3 is 21.5 Å². The molecule has 0 radical (unpaired) electrons. The maximum Gasteiger partial charge on any atom is 0.412 e. The van der Waals surface area contributed by atoms with Crippen LogP contribution < -0.4 is 16.8 Å². The fraction of sp³-hybridized carbons (Fsp3) is 0.0909. The minimum atomic E-state index is -1.22. The van der Waals surface area contributed by atoms with Crippen molar-refractivity contribution in [2.24, 2.45) is 11.5 Å². The predicted octanol–water partition coefficient (Wildman–Crippen LogP) is 4.44. The fourth-order valence-electron chi connectivity index (χ4n) is 3.09. The number of esters is 1. The topological polar surface area (TPSA) is 107 Å². The van der Waals surface area contributed by atoms with Crippen molar-refractivity contribution >= 4 is 35.0 Å². The second-order valence-corrected chi connectivity index (χ2v) is 6.84. The number of ether oxygens (including phenoxy) is 1. The first-order valence-corrected chi connectivity index (χ1v) is 9.38. The first-order chi connectivity index (χ1) is 14.4. The summed E-state index contributed by atoms with van der Waals surface area (Å²) in [7, 11) is 0. The third-order valence-electron chi connectivity index (χ3n) is 4.45. The van der Waals surface area contributed by atoms with Gasteiger partial charge in [-0.1, -0.05) is 60.1 Å². The van der Waals surface area contributed by atoms with Crippen molar-refractivity contribution in [2.75, 3.05) is 5.32 Å². The van der Waals surface area contributed by atoms with E-state index in [1.54, 1.807) is 48.5 Å². The Kier molecular flexibility index (Phi) is 6.66. The van der Waals surface area contributed by atoms with Crippen LogP contribution in [0.5, 0.6) is 0 Å². The van der Waals surface area contributed by atoms with Crippen molar-refractivity contribution in [3.63, 3.8) is 0 Å². The van der Waals surface area contributed by atoms with Crippen molar-refractivity contribution in [2.45, 2.75) is 12.5 Å². The Labute approximate surface area is 177 Å². The van der Waals surface area contributed by atoms with Crippen LogP contribution in [0.1, 0.15) is 22.6 Å². The third kappa shape index (κ3) is 4.76. The highest BCUT2D eigenvalue weighted by atomic mass is 35.5. The van der Waals surface area contributed by atoms with Crippen LogP contribution in [-0.2, 0) is 16.1 Å². The lowest BCUT2D eigenvalue weighted by atomic mass is 9.89. The fourth-order valence-corrected chi connectivity index (χ4v) is 3.30. The largest absolute Gasteiger partial charge is 0.412 e. The van der Waals surface area contributed by atoms with Gasteiger partial charge in [0.15, 0.2) is 0 Å². The number of para-hydroxylation sites is 1. The van der Waals surface area contributed by atoms with Crippen molar-refractivity contribution < 1.29 is 18.7 Å². The lowest BCUT2D eigenvalue weighted by Crippen LogP contribution is -2.25. The molecule has 30 heavy (non-hydrogen) atoms. The summed E-state index contributed by atoms with van der Waals surface area (Å²) in [5.41, 5.74) is 13.0. The van der Waals surface area contributed by atoms with Gasteiger partial charge in [0.25, 0.3) is 0 Å². The molecule has 3 aromatic rings. The Hall–Kier alpha value is -3.42. The number of rotatable bonds is 6. The molecule has 0 bridgehead atoms. The number of benzene rings is 3. The van der Waals surface area contributed by atoms with Gasteiger partial charge in [0.1, 0.15) is 11.7 Å². The maximum absolute atomic E-state index is 14.3. The zero-order valence-electron chi connectivity index (χ0n) is 15.8. The first-order valence-electron chi connectivity index (χ1n) is 9.00. The average molecular weight is 428 g/mol. The highest BCUT2D eigenvalue weighted by Gasteiger charge is 2.29. The summed E-state index contributed by atoms with van der Waals surface area (Å²) >= 11 is 6.14. The number of carbonyl (C=O) groups is 2. The summed E-state index contributed by atoms with van der Waals surface area (Å²) in [5, 5.41) is 3.11. The van der Waals surface area contributed by atoms with Gasteiger partial charge in [-0.25, -0.2) is 9.18 Å². The van der Waals surface area contributed by atoms with Crippen molar-refractivity contribution in [3.8, 4) is 0 Å². The number of halogens is 2. The van der Waals surface area contributed by atoms with Crippen LogP contribution in [0.15, 0.2) is 66.7 Å². The summed E-state index contributed by atoms with van der Waals surface area (Å²) in [4.78, 5) is 24.1. The number of nitrogens with two attached hydrogens (primary N) is 2. The van der Waals surface area contributed by atoms with Gasteiger partial charge in [-0.05, 0) is 34.9 Å². The zero-order chi connectivity index (χ0) is 21.7. The smallest absolute Gasteiger partial charge is 0.376 e. The second kappa shape index (κ2) is 9.39. The molecule has 0 saturated heterocycles. The van der Waals surface area contributed by atoms with Crippen molar-refractivity contribution in [1.29, 1.82) is 0 Å². The van der Waals surface area contributed by atoms with E-state index in [-0.39, 0.29) is 17.3 Å². The van der Waals surface area contributed by atoms with Crippen LogP contribution in [-0.4, -0.2) is 12.1 Å². The van der Waals surface area contributed by atoms with Gasteiger partial charge >= 0.3 is 12.1 Å². The minimum absolute atomic E-state index is 0.0518. The molecule has 154 valence electrons. The summed E-state index contributed by atoms with van der Waals surface area (Å²) in [6, 6.07) is 18.1. The van der Waals surface area contributed by atoms with Crippen LogP contribution >= 0.6 is 11.6 Å². The quantitative estimate of drug-likeness (QED) is 0.398. The zero-order valence-corrected chi connectivity index (χ0v) is 16.5. The van der Waals surface area contributed by atoms with Gasteiger partial charge in [-0.3, -0.25) is 4.79 Å². The number of primary amides is 1. The van der Waals surface area contributed by atoms with Crippen LogP contribution in [0.4, 0.5) is 20.6 Å². The molecule has 0 aliphatic heterocycles. The van der Waals surface area contributed by atoms with Crippen LogP contribution in [0, 0.1) is 5.82 Å². The van der Waals surface area contributed by atoms with E-state index in [9.17, 15) is 14.0 Å². The molecule has 0 heterocycles. The first kappa shape index (κ1) is 21.3. The van der Waals surface area contributed by atoms with E-state index in [1.807, 2.05) is 0 Å². The summed E-state index contributed by atoms with van der Waals surface area (Å²) in [6.07, 6.45) is -1.22. The number of carbonyl (C=O) groups excluding carboxylic acids is 2. The van der Waals surface area contributed by atoms with Crippen LogP contribution in [0.2, 0.25) is 5.02 Å². The van der Waals surface area contributed by atoms with E-state index in [0.29, 0.717) is 16.8 Å². The van der Waals surface area contributed by atoms with Gasteiger partial charge in [0.2, 0.25) is 0 Å². The minimum Gasteiger partial charge on any atom is -0.376 e. The number of hydrogen-bond donors (Lipinski definition) is 3. The van der Waals surface area contributed by atoms with E-state index in [4.69, 9.17) is 23.1 Å². The molecule has 6 nitrogen and oxygen atoms in total. The van der Waals surface area contributed by atoms with E-state index in [2.05, 4.69) is 10.1 Å². The predicted molar refractivity (Wildman–Crippen MR) is 113 cm³/mol. The van der Waals surface area contributed by atoms with E-state index < -0.39 is 23.8 Å². The Morgan fingerprint density at radius 3 is 2.43 bits per heavy atom. The highest BCUT2D eigenvalue weighted by molar-refractivity contribution is 6.33. The molecule has 3 aromatic carbocycles. The molecule has 0 spiro atoms. The van der Waals surface area contributed by atoms with E-state index >= 15 is 0 Å². The molecule has 5 N–H and O–H groups in total. The Morgan fingerprint density at radius 2 is 1.80 bits per heavy atom. The van der Waals surface area contributed by atoms with Crippen LogP contribution in [0.25, 0.3) is 0 Å². The normalized spacial score (nSPS) is 11.6. The summed E-state index contributed by atoms with van der Waals surface area (Å²) in [6.45, 7) is 0.208. The second-order valence-electron chi connectivity index (χ2n) is 6.43. The molecule has 0 aliphatic rings. The molecule has 1 atom stereocenters. The Bertz CT molecular complexity index is 1060. The maximum atomic E-state index is 14.3. The molecule has 0 fully saturated rings. The highest BCUT2D eigenvalue weighted by Crippen LogP contribution is 2.36. The summed E-state index contributed by atoms with van der Waals surface area (Å²) in [5.74, 6) is -2.45. The number of hydrogen-bond acceptors (Lipinski definition) is 5. The number of nitrogens with one attached hydrogen (secondary N) is 1. The Morgan fingerprint density at radius 1 is 1.07 bits per heavy atom. The van der Waals surface area contributed by atoms with E-state index in [1.165, 1.54) is 18.2 Å². The average Bonchev–Trinajstić information content (AvgIpc) is 2.72. The molecular formula is C22H19ClFN3O3. The lowest BCUT2D eigenvalue weighted by molar-refractivity contribution is -0.137. The Balaban J connectivity index is 2.16. The molecule has 0 aliphatic carbocycles. The van der Waals surface area contributed by atoms with E-state index in [0.717, 1.165) is 5.56 Å². The van der Waals surface area contributed by atoms with Crippen LogP contribution in [0.3, 0.4) is 0 Å². The molecule has 1 unspecified atom stereocenters. The van der Waals surface area contributed by atoms with Gasteiger partial charge in [0.05, 0.1) is 10.7 Å². The van der Waals surface area contributed by atoms with Gasteiger partial charge in [-0.15, -0.1) is 0 Å². The SMILES string of the molecule is NCc1ccc(Nc2c(F)cccc2Cl)c(C(C(=O)OC(N)=O)c2ccccc2)c1. The van der Waals surface area contributed by atoms with Crippen molar-refractivity contribution in [3.05, 3.63) is 94.3 Å². The molecular weight excluding hydrogens is 409 g/mol. The molecule has 8 heteroatoms. The molecule has 3 rings (SSSR count). The molecule has 0 aromatic heterocycles. The lowest BCUT2D eigenvalue weighted by Gasteiger charge is -2.21. The van der Waals surface area contributed by atoms with Crippen molar-refractivity contribution in [1.82, 2.24) is 0 Å². The third-order valence-corrected chi connectivity index (χ3v) is 4.77. The number of amides is 1. The number of anilines is 2. The van der Waals surface area contributed by atoms with Gasteiger partial charge in [-0.2, -0.15) is 0 Å².